The van der Waals surface area contributed by atoms with Crippen LogP contribution in [-0.4, -0.2) is 11.5 Å². The van der Waals surface area contributed by atoms with E-state index >= 15 is 0 Å². The predicted octanol–water partition coefficient (Wildman–Crippen LogP) is 4.30. The van der Waals surface area contributed by atoms with Gasteiger partial charge in [0.1, 0.15) is 0 Å². The Bertz CT molecular complexity index is 832. The predicted molar refractivity (Wildman–Crippen MR) is 96.6 cm³/mol. The van der Waals surface area contributed by atoms with Crippen LogP contribution >= 0.6 is 0 Å². The number of hydrazone groups is 1. The molecule has 0 amide bonds. The molecular weight excluding hydrogens is 296 g/mol. The van der Waals surface area contributed by atoms with Crippen LogP contribution in [0.15, 0.2) is 71.0 Å². The summed E-state index contributed by atoms with van der Waals surface area (Å²) in [6.45, 7) is 2.12. The Morgan fingerprint density at radius 1 is 0.917 bits per heavy atom. The van der Waals surface area contributed by atoms with Crippen molar-refractivity contribution in [2.24, 2.45) is 11.0 Å². The number of ketones is 1. The minimum absolute atomic E-state index is 0.268. The highest BCUT2D eigenvalue weighted by Gasteiger charge is 2.28. The first-order valence-corrected chi connectivity index (χ1v) is 8.44. The van der Waals surface area contributed by atoms with E-state index in [0.29, 0.717) is 18.8 Å². The number of Topliss-reactive ketones (excluding diaryl/α,β-unsaturated/α-hetero) is 1. The summed E-state index contributed by atoms with van der Waals surface area (Å²) >= 11 is 0. The van der Waals surface area contributed by atoms with Gasteiger partial charge in [0.2, 0.25) is 0 Å². The van der Waals surface area contributed by atoms with Crippen LogP contribution in [0.2, 0.25) is 0 Å². The topological polar surface area (TPSA) is 41.5 Å². The lowest BCUT2D eigenvalue weighted by molar-refractivity contribution is -0.117. The zero-order valence-electron chi connectivity index (χ0n) is 13.8. The average molecular weight is 316 g/mol. The number of hydrogen-bond donors (Lipinski definition) is 1. The van der Waals surface area contributed by atoms with Gasteiger partial charge in [-0.3, -0.25) is 10.2 Å². The second-order valence-corrected chi connectivity index (χ2v) is 6.68. The zero-order valence-corrected chi connectivity index (χ0v) is 13.8. The lowest BCUT2D eigenvalue weighted by Gasteiger charge is -2.27. The molecule has 0 radical (unpaired) electrons. The van der Waals surface area contributed by atoms with Gasteiger partial charge >= 0.3 is 0 Å². The van der Waals surface area contributed by atoms with Crippen molar-refractivity contribution < 1.29 is 4.79 Å². The Kier molecular flexibility index (Phi) is 3.77. The molecule has 1 atom stereocenters. The minimum Gasteiger partial charge on any atom is -0.294 e. The first-order valence-electron chi connectivity index (χ1n) is 8.44. The third kappa shape index (κ3) is 2.78. The summed E-state index contributed by atoms with van der Waals surface area (Å²) in [6, 6.07) is 18.7. The van der Waals surface area contributed by atoms with Gasteiger partial charge in [-0.05, 0) is 29.0 Å². The highest BCUT2D eigenvalue weighted by atomic mass is 16.1. The van der Waals surface area contributed by atoms with Crippen molar-refractivity contribution in [2.75, 3.05) is 0 Å². The third-order valence-corrected chi connectivity index (χ3v) is 4.78. The van der Waals surface area contributed by atoms with Crippen molar-refractivity contribution in [2.45, 2.75) is 26.2 Å². The highest BCUT2D eigenvalue weighted by Crippen LogP contribution is 2.30. The van der Waals surface area contributed by atoms with Crippen molar-refractivity contribution in [1.29, 1.82) is 0 Å². The van der Waals surface area contributed by atoms with Crippen LogP contribution in [0.5, 0.6) is 0 Å². The number of rotatable bonds is 2. The molecule has 3 nitrogen and oxygen atoms in total. The summed E-state index contributed by atoms with van der Waals surface area (Å²) in [4.78, 5) is 12.3. The van der Waals surface area contributed by atoms with Crippen LogP contribution in [0.25, 0.3) is 11.1 Å². The second-order valence-electron chi connectivity index (χ2n) is 6.68. The molecule has 0 aromatic heterocycles. The smallest absolute Gasteiger partial charge is 0.161 e. The fourth-order valence-corrected chi connectivity index (χ4v) is 3.46. The Hall–Kier alpha value is -2.68. The van der Waals surface area contributed by atoms with Gasteiger partial charge < -0.3 is 0 Å². The first-order chi connectivity index (χ1) is 11.7. The van der Waals surface area contributed by atoms with E-state index in [4.69, 9.17) is 0 Å². The third-order valence-electron chi connectivity index (χ3n) is 4.78. The van der Waals surface area contributed by atoms with Crippen molar-refractivity contribution in [1.82, 2.24) is 5.43 Å². The number of nitrogens with one attached hydrogen (secondary N) is 1. The number of nitrogens with zero attached hydrogens (tertiary/aromatic N) is 1. The lowest BCUT2D eigenvalue weighted by atomic mass is 9.84. The SMILES string of the molecule is CC1CC(=O)C2=C(C1)NN=C(c1ccc(-c3ccccc3)cc1)C2. The maximum atomic E-state index is 12.3. The second kappa shape index (κ2) is 6.08. The van der Waals surface area contributed by atoms with Gasteiger partial charge in [0.15, 0.2) is 5.78 Å². The van der Waals surface area contributed by atoms with E-state index in [1.165, 1.54) is 11.1 Å². The fourth-order valence-electron chi connectivity index (χ4n) is 3.46. The Labute approximate surface area is 142 Å². The van der Waals surface area contributed by atoms with Gasteiger partial charge in [-0.25, -0.2) is 0 Å². The van der Waals surface area contributed by atoms with Gasteiger partial charge in [0, 0.05) is 24.1 Å². The average Bonchev–Trinajstić information content (AvgIpc) is 2.62. The summed E-state index contributed by atoms with van der Waals surface area (Å²) in [5.74, 6) is 0.676. The van der Waals surface area contributed by atoms with E-state index < -0.39 is 0 Å². The molecule has 0 saturated heterocycles. The summed E-state index contributed by atoms with van der Waals surface area (Å²) in [5.41, 5.74) is 9.46. The van der Waals surface area contributed by atoms with E-state index in [-0.39, 0.29) is 5.78 Å². The quantitative estimate of drug-likeness (QED) is 0.897. The molecule has 1 aliphatic carbocycles. The van der Waals surface area contributed by atoms with Crippen molar-refractivity contribution in [3.8, 4) is 11.1 Å². The molecule has 120 valence electrons. The normalized spacial score (nSPS) is 20.3. The van der Waals surface area contributed by atoms with E-state index in [0.717, 1.165) is 29.0 Å². The molecule has 0 bridgehead atoms. The molecule has 0 fully saturated rings. The van der Waals surface area contributed by atoms with Gasteiger partial charge in [0.25, 0.3) is 0 Å². The number of carbonyl (C=O) groups is 1. The molecule has 0 saturated carbocycles. The summed E-state index contributed by atoms with van der Waals surface area (Å²) in [7, 11) is 0. The van der Waals surface area contributed by atoms with Crippen LogP contribution in [0, 0.1) is 5.92 Å². The molecular formula is C21H20N2O. The lowest BCUT2D eigenvalue weighted by Crippen LogP contribution is -2.29. The monoisotopic (exact) mass is 316 g/mol. The molecule has 1 heterocycles. The summed E-state index contributed by atoms with van der Waals surface area (Å²) in [6.07, 6.45) is 2.21. The highest BCUT2D eigenvalue weighted by molar-refractivity contribution is 6.09. The van der Waals surface area contributed by atoms with Crippen molar-refractivity contribution >= 4 is 11.5 Å². The molecule has 4 rings (SSSR count). The molecule has 2 aromatic rings. The molecule has 1 N–H and O–H groups in total. The van der Waals surface area contributed by atoms with E-state index in [1.807, 2.05) is 18.2 Å². The molecule has 1 aliphatic heterocycles. The van der Waals surface area contributed by atoms with E-state index in [9.17, 15) is 4.79 Å². The molecule has 1 unspecified atom stereocenters. The largest absolute Gasteiger partial charge is 0.294 e. The Morgan fingerprint density at radius 3 is 2.33 bits per heavy atom. The molecule has 0 spiro atoms. The van der Waals surface area contributed by atoms with Crippen LogP contribution in [0.1, 0.15) is 31.7 Å². The number of allylic oxidation sites excluding steroid dienone is 2. The van der Waals surface area contributed by atoms with Crippen LogP contribution in [0.3, 0.4) is 0 Å². The van der Waals surface area contributed by atoms with E-state index in [1.54, 1.807) is 0 Å². The first kappa shape index (κ1) is 14.9. The van der Waals surface area contributed by atoms with Crippen LogP contribution in [-0.2, 0) is 4.79 Å². The van der Waals surface area contributed by atoms with Crippen LogP contribution in [0.4, 0.5) is 0 Å². The Balaban J connectivity index is 1.56. The molecule has 24 heavy (non-hydrogen) atoms. The van der Waals surface area contributed by atoms with Gasteiger partial charge in [-0.2, -0.15) is 5.10 Å². The molecule has 2 aliphatic rings. The maximum Gasteiger partial charge on any atom is 0.161 e. The standard InChI is InChI=1S/C21H20N2O/c1-14-11-20-18(21(24)12-14)13-19(22-23-20)17-9-7-16(8-10-17)15-5-3-2-4-6-15/h2-10,14,23H,11-13H2,1H3. The van der Waals surface area contributed by atoms with Gasteiger partial charge in [-0.1, -0.05) is 61.5 Å². The number of hydrogen-bond acceptors (Lipinski definition) is 3. The number of carbonyl (C=O) groups excluding carboxylic acids is 1. The fraction of sp³-hybridized carbons (Fsp3) is 0.238. The molecule has 2 aromatic carbocycles. The van der Waals surface area contributed by atoms with Gasteiger partial charge in [0.05, 0.1) is 5.71 Å². The van der Waals surface area contributed by atoms with Crippen LogP contribution < -0.4 is 5.43 Å². The molecule has 3 heteroatoms. The number of benzene rings is 2. The van der Waals surface area contributed by atoms with E-state index in [2.05, 4.69) is 53.8 Å². The Morgan fingerprint density at radius 2 is 1.58 bits per heavy atom. The minimum atomic E-state index is 0.268. The zero-order chi connectivity index (χ0) is 16.5. The van der Waals surface area contributed by atoms with Crippen molar-refractivity contribution in [3.63, 3.8) is 0 Å². The van der Waals surface area contributed by atoms with Crippen molar-refractivity contribution in [3.05, 3.63) is 71.4 Å². The summed E-state index contributed by atoms with van der Waals surface area (Å²) < 4.78 is 0. The van der Waals surface area contributed by atoms with Gasteiger partial charge in [-0.15, -0.1) is 0 Å². The maximum absolute atomic E-state index is 12.3. The summed E-state index contributed by atoms with van der Waals surface area (Å²) in [5, 5.41) is 4.51.